The monoisotopic (exact) mass is 1680 g/mol. The van der Waals surface area contributed by atoms with Gasteiger partial charge in [0, 0.05) is 72.2 Å². The predicted octanol–water partition coefficient (Wildman–Crippen LogP) is 25.1. The summed E-state index contributed by atoms with van der Waals surface area (Å²) in [7, 11) is 17.6. The summed E-state index contributed by atoms with van der Waals surface area (Å²) in [5.41, 5.74) is 12.6. The van der Waals surface area contributed by atoms with Crippen molar-refractivity contribution in [1.29, 1.82) is 0 Å². The van der Waals surface area contributed by atoms with Crippen LogP contribution in [0.1, 0.15) is 0 Å². The summed E-state index contributed by atoms with van der Waals surface area (Å²) >= 11 is 3.65. The van der Waals surface area contributed by atoms with Crippen molar-refractivity contribution in [2.24, 2.45) is 0 Å². The highest BCUT2D eigenvalue weighted by atomic mass is 79.9. The Morgan fingerprint density at radius 2 is 0.734 bits per heavy atom. The molecule has 0 fully saturated rings. The van der Waals surface area contributed by atoms with Gasteiger partial charge in [0.2, 0.25) is 0 Å². The SMILES string of the molecule is Brc1nc(-c2c3ccccc3cc3ccccc23)c2ccc3ccc(-n4c5ccccc5c5cccnc54)nc3c2n1.OB(O)c1ccccc1.PPP(P)P(P(P)P)P(P)P.c1ccc(-c2nc(-c3c4ccccc4cc4ccccc34)c3ccc4ccc(-n5c6ccccc6c6cccnc65)nc4c3n2)cc1. The third kappa shape index (κ3) is 14.5. The van der Waals surface area contributed by atoms with Gasteiger partial charge in [-0.15, -0.1) is 53.6 Å². The van der Waals surface area contributed by atoms with Crippen LogP contribution in [0.15, 0.2) is 308 Å². The molecule has 0 bridgehead atoms. The van der Waals surface area contributed by atoms with Crippen molar-refractivity contribution in [3.8, 4) is 45.5 Å². The van der Waals surface area contributed by atoms with E-state index in [1.165, 1.54) is 21.5 Å². The van der Waals surface area contributed by atoms with Gasteiger partial charge in [0.15, 0.2) is 10.6 Å². The fourth-order valence-corrected chi connectivity index (χ4v) is 110. The summed E-state index contributed by atoms with van der Waals surface area (Å²) in [5.74, 6) is 2.27. The largest absolute Gasteiger partial charge is 0.488 e. The molecule has 0 saturated carbocycles. The minimum atomic E-state index is -1.34. The van der Waals surface area contributed by atoms with Crippen LogP contribution in [0.4, 0.5) is 0 Å². The zero-order chi connectivity index (χ0) is 74.4. The Bertz CT molecular complexity index is 6670. The molecule has 8 atom stereocenters. The Kier molecular flexibility index (Phi) is 22.1. The van der Waals surface area contributed by atoms with E-state index in [1.807, 2.05) is 48.8 Å². The van der Waals surface area contributed by atoms with Crippen LogP contribution in [-0.2, 0) is 0 Å². The highest BCUT2D eigenvalue weighted by Gasteiger charge is 2.25. The van der Waals surface area contributed by atoms with Gasteiger partial charge in [0.1, 0.15) is 34.0 Å². The van der Waals surface area contributed by atoms with Crippen LogP contribution < -0.4 is 5.46 Å². The first-order chi connectivity index (χ1) is 53.4. The molecule has 0 aliphatic heterocycles. The molecule has 12 nitrogen and oxygen atoms in total. The number of fused-ring (bicyclic) bond motifs is 16. The van der Waals surface area contributed by atoms with Gasteiger partial charge >= 0.3 is 7.12 Å². The average Bonchev–Trinajstić information content (AvgIpc) is 1.69. The van der Waals surface area contributed by atoms with Gasteiger partial charge in [-0.25, -0.2) is 39.9 Å². The van der Waals surface area contributed by atoms with Crippen molar-refractivity contribution in [3.63, 3.8) is 0 Å². The summed E-state index contributed by atoms with van der Waals surface area (Å²) < 4.78 is 4.82. The zero-order valence-electron chi connectivity index (χ0n) is 57.9. The quantitative estimate of drug-likeness (QED) is 0.0445. The maximum atomic E-state index is 8.58. The highest BCUT2D eigenvalue weighted by Crippen LogP contribution is 3.12. The molecule has 8 aromatic heterocycles. The Labute approximate surface area is 656 Å². The molecule has 2 N–H and O–H groups in total. The van der Waals surface area contributed by atoms with Crippen LogP contribution in [0.25, 0.3) is 176 Å². The summed E-state index contributed by atoms with van der Waals surface area (Å²) in [6.07, 6.45) is 3.67. The summed E-state index contributed by atoms with van der Waals surface area (Å²) in [5, 5.41) is 34.9. The molecular weight excluding hydrogens is 1610 g/mol. The molecule has 12 aromatic carbocycles. The van der Waals surface area contributed by atoms with Crippen LogP contribution in [0.5, 0.6) is 0 Å². The average molecular weight is 1680 g/mol. The lowest BCUT2D eigenvalue weighted by molar-refractivity contribution is 0.426. The van der Waals surface area contributed by atoms with Gasteiger partial charge in [-0.1, -0.05) is 214 Å². The topological polar surface area (TPSA) is 153 Å². The third-order valence-corrected chi connectivity index (χ3v) is 78.6. The lowest BCUT2D eigenvalue weighted by atomic mass is 9.81. The fourth-order valence-electron chi connectivity index (χ4n) is 14.5. The molecule has 0 radical (unpaired) electrons. The maximum Gasteiger partial charge on any atom is 0.488 e. The van der Waals surface area contributed by atoms with Gasteiger partial charge < -0.3 is 10.0 Å². The number of halogens is 1. The van der Waals surface area contributed by atoms with Crippen molar-refractivity contribution in [3.05, 3.63) is 308 Å². The molecule has 8 heterocycles. The molecule has 8 unspecified atom stereocenters. The number of para-hydroxylation sites is 2. The second-order valence-electron chi connectivity index (χ2n) is 25.6. The molecule has 25 heteroatoms. The number of nitrogens with zero attached hydrogens (tertiary/aromatic N) is 10. The van der Waals surface area contributed by atoms with E-state index in [9.17, 15) is 0 Å². The van der Waals surface area contributed by atoms with Crippen molar-refractivity contribution in [2.45, 2.75) is 0 Å². The molecule has 0 amide bonds. The fraction of sp³-hybridized carbons (Fsp3) is 0. The number of pyridine rings is 4. The molecule has 528 valence electrons. The summed E-state index contributed by atoms with van der Waals surface area (Å²) in [6.45, 7) is 0.763. The Balaban J connectivity index is 0.000000128. The molecule has 0 aliphatic carbocycles. The lowest BCUT2D eigenvalue weighted by Gasteiger charge is -2.29. The van der Waals surface area contributed by atoms with Gasteiger partial charge in [0.25, 0.3) is 0 Å². The molecule has 0 saturated heterocycles. The van der Waals surface area contributed by atoms with Gasteiger partial charge in [-0.05, 0) is 177 Å². The van der Waals surface area contributed by atoms with E-state index in [-0.39, 0.29) is 27.9 Å². The van der Waals surface area contributed by atoms with Crippen molar-refractivity contribution < 1.29 is 10.0 Å². The predicted molar refractivity (Wildman–Crippen MR) is 499 cm³/mol. The highest BCUT2D eigenvalue weighted by molar-refractivity contribution is 9.18. The van der Waals surface area contributed by atoms with E-state index in [4.69, 9.17) is 49.9 Å². The first-order valence-corrected chi connectivity index (χ1v) is 54.6. The zero-order valence-corrected chi connectivity index (χ0v) is 71.0. The Hall–Kier alpha value is -7.73. The summed E-state index contributed by atoms with van der Waals surface area (Å²) in [6, 6.07) is 99.4. The third-order valence-electron chi connectivity index (χ3n) is 19.2. The number of benzene rings is 12. The van der Waals surface area contributed by atoms with E-state index in [0.29, 0.717) is 16.0 Å². The minimum absolute atomic E-state index is 0.138. The number of hydrogen-bond donors (Lipinski definition) is 2. The van der Waals surface area contributed by atoms with E-state index >= 15 is 0 Å². The Morgan fingerprint density at radius 1 is 0.349 bits per heavy atom. The van der Waals surface area contributed by atoms with Crippen LogP contribution in [0.2, 0.25) is 0 Å². The van der Waals surface area contributed by atoms with E-state index in [0.717, 1.165) is 157 Å². The first-order valence-electron chi connectivity index (χ1n) is 34.6. The van der Waals surface area contributed by atoms with E-state index in [2.05, 4.69) is 309 Å². The van der Waals surface area contributed by atoms with Crippen molar-refractivity contribution in [1.82, 2.24) is 49.0 Å². The second-order valence-corrected chi connectivity index (χ2v) is 65.4. The number of hydrogen-bond acceptors (Lipinski definition) is 10. The standard InChI is InChI=1S/C42H25N5.C36H20BrN5.C6H7BO2.H13P11/c1-2-11-27(12-3-1)41-45-39(37-30-15-6-4-13-28(30)25-29-14-5-7-16-31(29)37)34-22-20-26-21-23-36(44-38(26)40(34)46-41)47-35-19-9-8-17-32(35)33-18-10-24-43-42(33)47;37-36-40-33(31-24-10-3-1-8-22(24)20-23-9-2-4-11-25(23)31)28-17-15-21-16-18-30(39-32(21)34(28)41-36)42-29-14-6-5-12-26(29)27-13-7-19-38-35(27)42;8-7(9)6-4-2-1-3-5-6;1-7-10(6)11(8(2)3)9(4)5/h1-25H;1-20H;1-5,8-9H;7H,1-6H2. The number of rotatable bonds is 10. The van der Waals surface area contributed by atoms with Crippen LogP contribution in [-0.4, -0.2) is 66.2 Å². The van der Waals surface area contributed by atoms with Gasteiger partial charge in [0.05, 0.1) is 33.5 Å². The summed E-state index contributed by atoms with van der Waals surface area (Å²) in [4.78, 5) is 40.7. The second kappa shape index (κ2) is 32.5. The molecule has 109 heavy (non-hydrogen) atoms. The van der Waals surface area contributed by atoms with Crippen LogP contribution in [0, 0.1) is 0 Å². The Morgan fingerprint density at radius 3 is 1.16 bits per heavy atom. The van der Waals surface area contributed by atoms with E-state index in [1.54, 1.807) is 24.3 Å². The smallest absolute Gasteiger partial charge is 0.423 e. The lowest BCUT2D eigenvalue weighted by Crippen LogP contribution is -2.29. The molecule has 20 aromatic rings. The molecule has 0 spiro atoms. The van der Waals surface area contributed by atoms with Crippen LogP contribution >= 0.6 is 105 Å². The normalized spacial score (nSPS) is 12.1. The van der Waals surface area contributed by atoms with Gasteiger partial charge in [-0.3, -0.25) is 9.13 Å². The maximum absolute atomic E-state index is 8.58. The van der Waals surface area contributed by atoms with E-state index < -0.39 is 7.12 Å². The number of aromatic nitrogens is 10. The van der Waals surface area contributed by atoms with Gasteiger partial charge in [-0.2, -0.15) is 0 Å². The molecule has 0 aliphatic rings. The molecular formula is C84H65BBrN10O2P11. The van der Waals surface area contributed by atoms with Crippen molar-refractivity contribution in [2.75, 3.05) is 0 Å². The first kappa shape index (κ1) is 74.0. The van der Waals surface area contributed by atoms with Crippen LogP contribution in [0.3, 0.4) is 0 Å². The molecule has 20 rings (SSSR count). The van der Waals surface area contributed by atoms with Crippen molar-refractivity contribution >= 4 is 249 Å². The minimum Gasteiger partial charge on any atom is -0.423 e.